The van der Waals surface area contributed by atoms with Gasteiger partial charge in [-0.05, 0) is 31.5 Å². The molecule has 0 unspecified atom stereocenters. The Hall–Kier alpha value is -3.45. The van der Waals surface area contributed by atoms with Crippen LogP contribution in [0.2, 0.25) is 0 Å². The summed E-state index contributed by atoms with van der Waals surface area (Å²) in [5.41, 5.74) is 10.2. The van der Waals surface area contributed by atoms with Crippen LogP contribution in [-0.4, -0.2) is 19.7 Å². The highest BCUT2D eigenvalue weighted by atomic mass is 35.5. The summed E-state index contributed by atoms with van der Waals surface area (Å²) in [4.78, 5) is 20.9. The van der Waals surface area contributed by atoms with E-state index in [0.29, 0.717) is 28.7 Å². The standard InChI is InChI=1S/C22H20ClN5O2/c1-13(2)28-12-16(6-7-20(28)29)18-11-25-22(24)21(26-18)19-9-17(27-30-19)15-5-3-4-14(8-15)10-23/h3-9,11-13H,10H2,1-2H3,(H2,24,25). The fourth-order valence-corrected chi connectivity index (χ4v) is 3.28. The first-order valence-corrected chi connectivity index (χ1v) is 9.97. The lowest BCUT2D eigenvalue weighted by atomic mass is 10.1. The maximum Gasteiger partial charge on any atom is 0.250 e. The molecule has 0 saturated carbocycles. The molecule has 0 radical (unpaired) electrons. The molecule has 1 aromatic carbocycles. The first-order valence-electron chi connectivity index (χ1n) is 9.43. The number of hydrogen-bond acceptors (Lipinski definition) is 6. The number of anilines is 1. The zero-order valence-electron chi connectivity index (χ0n) is 16.5. The molecule has 0 bridgehead atoms. The minimum atomic E-state index is -0.0727. The van der Waals surface area contributed by atoms with Gasteiger partial charge < -0.3 is 14.8 Å². The summed E-state index contributed by atoms with van der Waals surface area (Å²) >= 11 is 5.92. The molecular weight excluding hydrogens is 402 g/mol. The van der Waals surface area contributed by atoms with E-state index in [1.807, 2.05) is 38.1 Å². The Morgan fingerprint density at radius 2 is 1.97 bits per heavy atom. The summed E-state index contributed by atoms with van der Waals surface area (Å²) < 4.78 is 7.15. The van der Waals surface area contributed by atoms with E-state index in [1.165, 1.54) is 6.07 Å². The van der Waals surface area contributed by atoms with Crippen LogP contribution in [0.5, 0.6) is 0 Å². The number of nitrogen functional groups attached to an aromatic ring is 1. The molecule has 0 aliphatic heterocycles. The van der Waals surface area contributed by atoms with Crippen molar-refractivity contribution in [3.8, 4) is 34.0 Å². The SMILES string of the molecule is CC(C)n1cc(-c2cnc(N)c(-c3cc(-c4cccc(CCl)c4)no3)n2)ccc1=O. The number of aromatic nitrogens is 4. The highest BCUT2D eigenvalue weighted by Gasteiger charge is 2.16. The molecule has 8 heteroatoms. The second-order valence-corrected chi connectivity index (χ2v) is 7.42. The van der Waals surface area contributed by atoms with E-state index in [4.69, 9.17) is 21.9 Å². The van der Waals surface area contributed by atoms with Crippen LogP contribution in [0.1, 0.15) is 25.5 Å². The first-order chi connectivity index (χ1) is 14.5. The van der Waals surface area contributed by atoms with Crippen molar-refractivity contribution < 1.29 is 4.52 Å². The van der Waals surface area contributed by atoms with Gasteiger partial charge in [0, 0.05) is 41.4 Å². The summed E-state index contributed by atoms with van der Waals surface area (Å²) in [7, 11) is 0. The van der Waals surface area contributed by atoms with Crippen LogP contribution in [0.3, 0.4) is 0 Å². The van der Waals surface area contributed by atoms with E-state index >= 15 is 0 Å². The van der Waals surface area contributed by atoms with Gasteiger partial charge in [-0.2, -0.15) is 0 Å². The molecule has 3 aromatic heterocycles. The van der Waals surface area contributed by atoms with Crippen LogP contribution in [0.25, 0.3) is 34.0 Å². The van der Waals surface area contributed by atoms with E-state index in [9.17, 15) is 4.79 Å². The molecule has 0 saturated heterocycles. The topological polar surface area (TPSA) is 99.8 Å². The quantitative estimate of drug-likeness (QED) is 0.475. The fourth-order valence-electron chi connectivity index (χ4n) is 3.11. The Morgan fingerprint density at radius 1 is 1.13 bits per heavy atom. The molecule has 30 heavy (non-hydrogen) atoms. The molecule has 3 heterocycles. The summed E-state index contributed by atoms with van der Waals surface area (Å²) in [6.07, 6.45) is 3.34. The molecule has 0 aliphatic rings. The lowest BCUT2D eigenvalue weighted by molar-refractivity contribution is 0.434. The van der Waals surface area contributed by atoms with E-state index in [-0.39, 0.29) is 17.4 Å². The number of hydrogen-bond donors (Lipinski definition) is 1. The average molecular weight is 422 g/mol. The van der Waals surface area contributed by atoms with Crippen LogP contribution < -0.4 is 11.3 Å². The molecule has 0 aliphatic carbocycles. The predicted octanol–water partition coefficient (Wildman–Crippen LogP) is 4.53. The lowest BCUT2D eigenvalue weighted by Crippen LogP contribution is -2.20. The fraction of sp³-hybridized carbons (Fsp3) is 0.182. The van der Waals surface area contributed by atoms with Crippen molar-refractivity contribution in [2.24, 2.45) is 0 Å². The number of alkyl halides is 1. The average Bonchev–Trinajstić information content (AvgIpc) is 3.24. The number of pyridine rings is 1. The molecule has 4 aromatic rings. The number of halogens is 1. The van der Waals surface area contributed by atoms with Gasteiger partial charge in [0.05, 0.1) is 11.9 Å². The van der Waals surface area contributed by atoms with Gasteiger partial charge >= 0.3 is 0 Å². The summed E-state index contributed by atoms with van der Waals surface area (Å²) in [6, 6.07) is 12.8. The smallest absolute Gasteiger partial charge is 0.250 e. The molecule has 4 rings (SSSR count). The third kappa shape index (κ3) is 3.84. The number of benzene rings is 1. The van der Waals surface area contributed by atoms with Gasteiger partial charge in [-0.25, -0.2) is 9.97 Å². The second kappa shape index (κ2) is 8.12. The molecule has 7 nitrogen and oxygen atoms in total. The summed E-state index contributed by atoms with van der Waals surface area (Å²) in [5, 5.41) is 4.14. The van der Waals surface area contributed by atoms with Crippen molar-refractivity contribution in [2.45, 2.75) is 25.8 Å². The van der Waals surface area contributed by atoms with Gasteiger partial charge in [0.1, 0.15) is 5.69 Å². The zero-order chi connectivity index (χ0) is 21.3. The Bertz CT molecular complexity index is 1260. The molecule has 0 amide bonds. The van der Waals surface area contributed by atoms with Crippen LogP contribution >= 0.6 is 11.6 Å². The Balaban J connectivity index is 1.74. The van der Waals surface area contributed by atoms with Gasteiger partial charge in [-0.3, -0.25) is 4.79 Å². The lowest BCUT2D eigenvalue weighted by Gasteiger charge is -2.11. The van der Waals surface area contributed by atoms with Crippen molar-refractivity contribution >= 4 is 17.4 Å². The molecule has 0 fully saturated rings. The molecule has 0 atom stereocenters. The van der Waals surface area contributed by atoms with Crippen LogP contribution in [-0.2, 0) is 5.88 Å². The highest BCUT2D eigenvalue weighted by Crippen LogP contribution is 2.30. The van der Waals surface area contributed by atoms with E-state index < -0.39 is 0 Å². The third-order valence-electron chi connectivity index (χ3n) is 4.71. The Labute approximate surface area is 178 Å². The molecule has 2 N–H and O–H groups in total. The molecular formula is C22H20ClN5O2. The van der Waals surface area contributed by atoms with E-state index in [0.717, 1.165) is 16.7 Å². The Morgan fingerprint density at radius 3 is 2.73 bits per heavy atom. The third-order valence-corrected chi connectivity index (χ3v) is 5.02. The van der Waals surface area contributed by atoms with E-state index in [2.05, 4.69) is 15.1 Å². The zero-order valence-corrected chi connectivity index (χ0v) is 17.3. The van der Waals surface area contributed by atoms with Gasteiger partial charge in [-0.1, -0.05) is 23.4 Å². The van der Waals surface area contributed by atoms with Crippen LogP contribution in [0.4, 0.5) is 5.82 Å². The minimum absolute atomic E-state index is 0.0271. The van der Waals surface area contributed by atoms with Crippen molar-refractivity contribution in [3.05, 3.63) is 70.8 Å². The number of rotatable bonds is 5. The summed E-state index contributed by atoms with van der Waals surface area (Å²) in [6.45, 7) is 3.89. The van der Waals surface area contributed by atoms with Crippen LogP contribution in [0.15, 0.2) is 64.2 Å². The van der Waals surface area contributed by atoms with Gasteiger partial charge in [-0.15, -0.1) is 11.6 Å². The Kier molecular flexibility index (Phi) is 5.37. The molecule has 152 valence electrons. The van der Waals surface area contributed by atoms with Crippen LogP contribution in [0, 0.1) is 0 Å². The predicted molar refractivity (Wildman–Crippen MR) is 117 cm³/mol. The largest absolute Gasteiger partial charge is 0.382 e. The van der Waals surface area contributed by atoms with Crippen molar-refractivity contribution in [1.29, 1.82) is 0 Å². The maximum absolute atomic E-state index is 12.0. The van der Waals surface area contributed by atoms with Gasteiger partial charge in [0.2, 0.25) is 0 Å². The number of nitrogens with zero attached hydrogens (tertiary/aromatic N) is 4. The van der Waals surface area contributed by atoms with E-state index in [1.54, 1.807) is 29.1 Å². The second-order valence-electron chi connectivity index (χ2n) is 7.16. The highest BCUT2D eigenvalue weighted by molar-refractivity contribution is 6.17. The number of nitrogens with two attached hydrogens (primary N) is 1. The monoisotopic (exact) mass is 421 g/mol. The minimum Gasteiger partial charge on any atom is -0.382 e. The van der Waals surface area contributed by atoms with Crippen molar-refractivity contribution in [1.82, 2.24) is 19.7 Å². The maximum atomic E-state index is 12.0. The first kappa shape index (κ1) is 19.8. The van der Waals surface area contributed by atoms with Gasteiger partial charge in [0.15, 0.2) is 17.3 Å². The van der Waals surface area contributed by atoms with Gasteiger partial charge in [0.25, 0.3) is 5.56 Å². The normalized spacial score (nSPS) is 11.2. The van der Waals surface area contributed by atoms with Crippen molar-refractivity contribution in [2.75, 3.05) is 5.73 Å². The summed E-state index contributed by atoms with van der Waals surface area (Å²) in [5.74, 6) is 1.05. The van der Waals surface area contributed by atoms with Crippen molar-refractivity contribution in [3.63, 3.8) is 0 Å². The molecule has 0 spiro atoms.